The first-order chi connectivity index (χ1) is 16.4. The predicted octanol–water partition coefficient (Wildman–Crippen LogP) is 7.63. The molecule has 0 atom stereocenters. The van der Waals surface area contributed by atoms with E-state index >= 15 is 0 Å². The van der Waals surface area contributed by atoms with Gasteiger partial charge in [-0.05, 0) is 48.4 Å². The van der Waals surface area contributed by atoms with E-state index in [4.69, 9.17) is 28.2 Å². The predicted molar refractivity (Wildman–Crippen MR) is 140 cm³/mol. The summed E-state index contributed by atoms with van der Waals surface area (Å²) in [6.07, 6.45) is 0. The van der Waals surface area contributed by atoms with Gasteiger partial charge in [0.15, 0.2) is 0 Å². The van der Waals surface area contributed by atoms with Crippen LogP contribution in [0, 0.1) is 18.3 Å². The van der Waals surface area contributed by atoms with Crippen molar-refractivity contribution in [3.05, 3.63) is 100 Å². The Morgan fingerprint density at radius 1 is 1.00 bits per heavy atom. The summed E-state index contributed by atoms with van der Waals surface area (Å²) >= 11 is 13.4. The van der Waals surface area contributed by atoms with Gasteiger partial charge in [0.2, 0.25) is 5.91 Å². The van der Waals surface area contributed by atoms with E-state index in [2.05, 4.69) is 11.4 Å². The van der Waals surface area contributed by atoms with Gasteiger partial charge in [0, 0.05) is 26.9 Å². The molecule has 34 heavy (non-hydrogen) atoms. The highest BCUT2D eigenvalue weighted by Crippen LogP contribution is 2.34. The largest absolute Gasteiger partial charge is 0.325 e. The lowest BCUT2D eigenvalue weighted by Crippen LogP contribution is -2.14. The SMILES string of the molecule is Cc1ccc(NC(=O)CSc2nc(-c3ccccc3)cc(-c3ccc(Cl)cc3)c2C#N)cc1Cl. The zero-order chi connectivity index (χ0) is 24.1. The van der Waals surface area contributed by atoms with Gasteiger partial charge in [-0.3, -0.25) is 4.79 Å². The van der Waals surface area contributed by atoms with Gasteiger partial charge in [0.25, 0.3) is 0 Å². The minimum atomic E-state index is -0.214. The number of pyridine rings is 1. The number of benzene rings is 3. The molecule has 1 heterocycles. The van der Waals surface area contributed by atoms with Crippen LogP contribution in [0.4, 0.5) is 5.69 Å². The molecule has 0 saturated heterocycles. The van der Waals surface area contributed by atoms with E-state index in [-0.39, 0.29) is 11.7 Å². The molecule has 0 unspecified atom stereocenters. The first kappa shape index (κ1) is 23.8. The molecule has 4 nitrogen and oxygen atoms in total. The van der Waals surface area contributed by atoms with Crippen LogP contribution in [0.3, 0.4) is 0 Å². The maximum absolute atomic E-state index is 12.6. The van der Waals surface area contributed by atoms with E-state index in [1.165, 1.54) is 11.8 Å². The molecule has 0 saturated carbocycles. The van der Waals surface area contributed by atoms with E-state index in [1.807, 2.05) is 61.5 Å². The minimum Gasteiger partial charge on any atom is -0.325 e. The molecule has 168 valence electrons. The van der Waals surface area contributed by atoms with Gasteiger partial charge in [0.1, 0.15) is 11.1 Å². The molecule has 1 aromatic heterocycles. The molecule has 0 spiro atoms. The Morgan fingerprint density at radius 3 is 2.41 bits per heavy atom. The van der Waals surface area contributed by atoms with E-state index in [1.54, 1.807) is 24.3 Å². The highest BCUT2D eigenvalue weighted by molar-refractivity contribution is 8.00. The van der Waals surface area contributed by atoms with Crippen LogP contribution < -0.4 is 5.32 Å². The lowest BCUT2D eigenvalue weighted by atomic mass is 9.99. The normalized spacial score (nSPS) is 10.5. The fourth-order valence-corrected chi connectivity index (χ4v) is 4.46. The second-order valence-electron chi connectivity index (χ2n) is 7.52. The molecule has 3 aromatic carbocycles. The van der Waals surface area contributed by atoms with Crippen LogP contribution in [0.25, 0.3) is 22.4 Å². The first-order valence-corrected chi connectivity index (χ1v) is 12.1. The summed E-state index contributed by atoms with van der Waals surface area (Å²) in [7, 11) is 0. The first-order valence-electron chi connectivity index (χ1n) is 10.4. The molecular weight excluding hydrogens is 485 g/mol. The van der Waals surface area contributed by atoms with Crippen LogP contribution in [-0.4, -0.2) is 16.6 Å². The van der Waals surface area contributed by atoms with Crippen LogP contribution in [0.2, 0.25) is 10.0 Å². The molecule has 0 aliphatic carbocycles. The summed E-state index contributed by atoms with van der Waals surface area (Å²) in [5.74, 6) is -0.125. The number of aryl methyl sites for hydroxylation is 1. The van der Waals surface area contributed by atoms with Crippen molar-refractivity contribution in [2.75, 3.05) is 11.1 Å². The van der Waals surface area contributed by atoms with E-state index in [0.29, 0.717) is 26.3 Å². The molecule has 0 bridgehead atoms. The third-order valence-electron chi connectivity index (χ3n) is 5.12. The monoisotopic (exact) mass is 503 g/mol. The van der Waals surface area contributed by atoms with Crippen molar-refractivity contribution in [2.45, 2.75) is 11.9 Å². The number of carbonyl (C=O) groups excluding carboxylic acids is 1. The molecule has 0 radical (unpaired) electrons. The Hall–Kier alpha value is -3.30. The summed E-state index contributed by atoms with van der Waals surface area (Å²) in [4.78, 5) is 17.4. The van der Waals surface area contributed by atoms with Gasteiger partial charge in [0.05, 0.1) is 17.0 Å². The number of nitrogens with one attached hydrogen (secondary N) is 1. The number of aromatic nitrogens is 1. The van der Waals surface area contributed by atoms with E-state index < -0.39 is 0 Å². The van der Waals surface area contributed by atoms with Crippen LogP contribution >= 0.6 is 35.0 Å². The number of thioether (sulfide) groups is 1. The van der Waals surface area contributed by atoms with Gasteiger partial charge in [-0.2, -0.15) is 5.26 Å². The van der Waals surface area contributed by atoms with Crippen LogP contribution in [0.5, 0.6) is 0 Å². The van der Waals surface area contributed by atoms with Crippen molar-refractivity contribution < 1.29 is 4.79 Å². The fourth-order valence-electron chi connectivity index (χ4n) is 3.35. The number of amides is 1. The average molecular weight is 504 g/mol. The van der Waals surface area contributed by atoms with Crippen LogP contribution in [-0.2, 0) is 4.79 Å². The molecule has 7 heteroatoms. The highest BCUT2D eigenvalue weighted by atomic mass is 35.5. The van der Waals surface area contributed by atoms with Gasteiger partial charge in [-0.15, -0.1) is 0 Å². The van der Waals surface area contributed by atoms with Crippen molar-refractivity contribution in [1.82, 2.24) is 4.98 Å². The Balaban J connectivity index is 1.67. The second-order valence-corrected chi connectivity index (χ2v) is 9.33. The Labute approximate surface area is 212 Å². The summed E-state index contributed by atoms with van der Waals surface area (Å²) < 4.78 is 0. The second kappa shape index (κ2) is 10.8. The average Bonchev–Trinajstić information content (AvgIpc) is 2.85. The minimum absolute atomic E-state index is 0.0888. The van der Waals surface area contributed by atoms with E-state index in [0.717, 1.165) is 27.9 Å². The summed E-state index contributed by atoms with van der Waals surface area (Å²) in [6, 6.07) is 26.6. The summed E-state index contributed by atoms with van der Waals surface area (Å²) in [5.41, 5.74) is 5.19. The Kier molecular flexibility index (Phi) is 7.54. The Bertz CT molecular complexity index is 1380. The number of nitrogens with zero attached hydrogens (tertiary/aromatic N) is 2. The molecule has 1 amide bonds. The lowest BCUT2D eigenvalue weighted by Gasteiger charge is -2.13. The third kappa shape index (κ3) is 5.60. The molecule has 1 N–H and O–H groups in total. The maximum atomic E-state index is 12.6. The number of carbonyl (C=O) groups is 1. The fraction of sp³-hybridized carbons (Fsp3) is 0.0741. The van der Waals surface area contributed by atoms with Gasteiger partial charge in [-0.25, -0.2) is 4.98 Å². The number of anilines is 1. The zero-order valence-electron chi connectivity index (χ0n) is 18.2. The number of rotatable bonds is 6. The van der Waals surface area contributed by atoms with Crippen molar-refractivity contribution >= 4 is 46.6 Å². The third-order valence-corrected chi connectivity index (χ3v) is 6.75. The zero-order valence-corrected chi connectivity index (χ0v) is 20.5. The number of nitriles is 1. The Morgan fingerprint density at radius 2 is 1.74 bits per heavy atom. The molecule has 4 aromatic rings. The van der Waals surface area contributed by atoms with Gasteiger partial charge < -0.3 is 5.32 Å². The summed E-state index contributed by atoms with van der Waals surface area (Å²) in [5, 5.41) is 14.5. The van der Waals surface area contributed by atoms with Crippen molar-refractivity contribution in [3.8, 4) is 28.5 Å². The quantitative estimate of drug-likeness (QED) is 0.274. The molecule has 4 rings (SSSR count). The van der Waals surface area contributed by atoms with Crippen molar-refractivity contribution in [2.24, 2.45) is 0 Å². The van der Waals surface area contributed by atoms with Crippen molar-refractivity contribution in [1.29, 1.82) is 5.26 Å². The molecule has 0 fully saturated rings. The number of hydrogen-bond acceptors (Lipinski definition) is 4. The highest BCUT2D eigenvalue weighted by Gasteiger charge is 2.17. The topological polar surface area (TPSA) is 65.8 Å². The summed E-state index contributed by atoms with van der Waals surface area (Å²) in [6.45, 7) is 1.90. The standard InChI is InChI=1S/C27H19Cl2N3OS/c1-17-7-12-21(13-24(17)29)31-26(33)16-34-27-23(15-30)22(18-8-10-20(28)11-9-18)14-25(32-27)19-5-3-2-4-6-19/h2-14H,16H2,1H3,(H,31,33). The van der Waals surface area contributed by atoms with Crippen molar-refractivity contribution in [3.63, 3.8) is 0 Å². The lowest BCUT2D eigenvalue weighted by molar-refractivity contribution is -0.113. The molecular formula is C27H19Cl2N3OS. The van der Waals surface area contributed by atoms with Gasteiger partial charge in [-0.1, -0.05) is 83.5 Å². The smallest absolute Gasteiger partial charge is 0.234 e. The van der Waals surface area contributed by atoms with E-state index in [9.17, 15) is 10.1 Å². The van der Waals surface area contributed by atoms with Gasteiger partial charge >= 0.3 is 0 Å². The van der Waals surface area contributed by atoms with Crippen LogP contribution in [0.1, 0.15) is 11.1 Å². The maximum Gasteiger partial charge on any atom is 0.234 e. The number of hydrogen-bond donors (Lipinski definition) is 1. The molecule has 0 aliphatic heterocycles. The number of halogens is 2. The molecule has 0 aliphatic rings. The van der Waals surface area contributed by atoms with Crippen LogP contribution in [0.15, 0.2) is 83.9 Å².